The molecule has 0 unspecified atom stereocenters. The van der Waals surface area contributed by atoms with E-state index in [-0.39, 0.29) is 5.69 Å². The van der Waals surface area contributed by atoms with Crippen LogP contribution in [-0.4, -0.2) is 19.1 Å². The summed E-state index contributed by atoms with van der Waals surface area (Å²) in [6.07, 6.45) is 0. The molecule has 0 aromatic heterocycles. The van der Waals surface area contributed by atoms with Crippen LogP contribution in [0.1, 0.15) is 0 Å². The third kappa shape index (κ3) is 4.60. The maximum absolute atomic E-state index is 10.4. The summed E-state index contributed by atoms with van der Waals surface area (Å²) in [6, 6.07) is 10.1. The molecular formula is C14H14Br2N2O4. The van der Waals surface area contributed by atoms with Crippen molar-refractivity contribution in [2.45, 2.75) is 0 Å². The molecule has 0 saturated carbocycles. The highest BCUT2D eigenvalue weighted by Crippen LogP contribution is 2.33. The molecule has 118 valence electrons. The molecule has 0 aliphatic carbocycles. The van der Waals surface area contributed by atoms with Crippen LogP contribution in [0.15, 0.2) is 45.3 Å². The van der Waals surface area contributed by atoms with Crippen molar-refractivity contribution in [2.75, 3.05) is 20.0 Å². The Balaban J connectivity index is 0.000000224. The molecule has 2 aromatic carbocycles. The lowest BCUT2D eigenvalue weighted by atomic mass is 10.3. The molecule has 0 aliphatic heterocycles. The van der Waals surface area contributed by atoms with Crippen molar-refractivity contribution < 1.29 is 14.4 Å². The van der Waals surface area contributed by atoms with Gasteiger partial charge in [-0.05, 0) is 50.1 Å². The quantitative estimate of drug-likeness (QED) is 0.440. The summed E-state index contributed by atoms with van der Waals surface area (Å²) in [5, 5.41) is 10.4. The summed E-state index contributed by atoms with van der Waals surface area (Å²) in [4.78, 5) is 9.94. The van der Waals surface area contributed by atoms with Gasteiger partial charge < -0.3 is 15.2 Å². The number of halogens is 2. The number of nitrogen functional groups attached to an aromatic ring is 1. The molecule has 0 heterocycles. The van der Waals surface area contributed by atoms with Crippen molar-refractivity contribution in [1.82, 2.24) is 0 Å². The highest BCUT2D eigenvalue weighted by atomic mass is 79.9. The monoisotopic (exact) mass is 432 g/mol. The highest BCUT2D eigenvalue weighted by molar-refractivity contribution is 9.11. The predicted octanol–water partition coefficient (Wildman–Crippen LogP) is 4.41. The van der Waals surface area contributed by atoms with E-state index in [1.54, 1.807) is 19.2 Å². The summed E-state index contributed by atoms with van der Waals surface area (Å²) in [5.74, 6) is 1.23. The first-order chi connectivity index (χ1) is 10.4. The first-order valence-electron chi connectivity index (χ1n) is 5.97. The molecule has 22 heavy (non-hydrogen) atoms. The van der Waals surface area contributed by atoms with E-state index in [9.17, 15) is 10.1 Å². The lowest BCUT2D eigenvalue weighted by Crippen LogP contribution is -1.91. The Morgan fingerprint density at radius 2 is 1.50 bits per heavy atom. The van der Waals surface area contributed by atoms with Gasteiger partial charge in [0.2, 0.25) is 0 Å². The van der Waals surface area contributed by atoms with Gasteiger partial charge in [-0.1, -0.05) is 12.1 Å². The third-order valence-corrected chi connectivity index (χ3v) is 4.22. The van der Waals surface area contributed by atoms with Crippen molar-refractivity contribution in [2.24, 2.45) is 0 Å². The number of anilines is 1. The zero-order chi connectivity index (χ0) is 16.7. The van der Waals surface area contributed by atoms with E-state index < -0.39 is 4.92 Å². The van der Waals surface area contributed by atoms with Crippen LogP contribution in [-0.2, 0) is 0 Å². The van der Waals surface area contributed by atoms with Crippen LogP contribution in [0.2, 0.25) is 0 Å². The largest absolute Gasteiger partial charge is 0.495 e. The SMILES string of the molecule is COc1cccc(N)c1Br.COc1cccc([N+](=O)[O-])c1Br. The van der Waals surface area contributed by atoms with Crippen molar-refractivity contribution >= 4 is 43.2 Å². The van der Waals surface area contributed by atoms with Gasteiger partial charge in [-0.2, -0.15) is 0 Å². The number of nitro groups is 1. The van der Waals surface area contributed by atoms with Crippen LogP contribution < -0.4 is 15.2 Å². The van der Waals surface area contributed by atoms with Gasteiger partial charge in [-0.15, -0.1) is 0 Å². The van der Waals surface area contributed by atoms with Crippen LogP contribution in [0.25, 0.3) is 0 Å². The number of hydrogen-bond donors (Lipinski definition) is 1. The highest BCUT2D eigenvalue weighted by Gasteiger charge is 2.14. The molecule has 6 nitrogen and oxygen atoms in total. The fourth-order valence-corrected chi connectivity index (χ4v) is 2.48. The minimum atomic E-state index is -0.466. The Hall–Kier alpha value is -1.80. The Kier molecular flexibility index (Phi) is 7.13. The third-order valence-electron chi connectivity index (χ3n) is 2.57. The molecular weight excluding hydrogens is 420 g/mol. The number of nitrogens with two attached hydrogens (primary N) is 1. The lowest BCUT2D eigenvalue weighted by molar-refractivity contribution is -0.385. The summed E-state index contributed by atoms with van der Waals surface area (Å²) in [7, 11) is 3.07. The molecule has 0 bridgehead atoms. The minimum absolute atomic E-state index is 0.00866. The lowest BCUT2D eigenvalue weighted by Gasteiger charge is -2.03. The van der Waals surface area contributed by atoms with Gasteiger partial charge >= 0.3 is 0 Å². The Morgan fingerprint density at radius 1 is 1.00 bits per heavy atom. The van der Waals surface area contributed by atoms with Crippen molar-refractivity contribution in [1.29, 1.82) is 0 Å². The Morgan fingerprint density at radius 3 is 1.95 bits per heavy atom. The summed E-state index contributed by atoms with van der Waals surface area (Å²) < 4.78 is 11.1. The number of nitro benzene ring substituents is 1. The maximum Gasteiger partial charge on any atom is 0.287 e. The standard InChI is InChI=1S/C7H6BrNO3.C7H8BrNO/c1-12-6-4-2-3-5(7(6)8)9(10)11;1-10-6-4-2-3-5(9)7(6)8/h2-4H,1H3;2-4H,9H2,1H3. The molecule has 0 atom stereocenters. The topological polar surface area (TPSA) is 87.6 Å². The van der Waals surface area contributed by atoms with Crippen LogP contribution >= 0.6 is 31.9 Å². The molecule has 0 fully saturated rings. The second-order valence-electron chi connectivity index (χ2n) is 3.91. The first-order valence-corrected chi connectivity index (χ1v) is 7.55. The van der Waals surface area contributed by atoms with Gasteiger partial charge in [0.15, 0.2) is 0 Å². The van der Waals surface area contributed by atoms with Crippen LogP contribution in [0, 0.1) is 10.1 Å². The average molecular weight is 434 g/mol. The van der Waals surface area contributed by atoms with Gasteiger partial charge in [0.25, 0.3) is 5.69 Å². The molecule has 0 saturated heterocycles. The van der Waals surface area contributed by atoms with E-state index in [2.05, 4.69) is 31.9 Å². The first kappa shape index (κ1) is 18.2. The number of nitrogens with zero attached hydrogens (tertiary/aromatic N) is 1. The van der Waals surface area contributed by atoms with E-state index in [1.165, 1.54) is 13.2 Å². The predicted molar refractivity (Wildman–Crippen MR) is 92.5 cm³/mol. The molecule has 0 radical (unpaired) electrons. The average Bonchev–Trinajstić information content (AvgIpc) is 2.50. The summed E-state index contributed by atoms with van der Waals surface area (Å²) >= 11 is 6.37. The molecule has 2 N–H and O–H groups in total. The normalized spacial score (nSPS) is 9.45. The van der Waals surface area contributed by atoms with E-state index in [0.717, 1.165) is 10.2 Å². The second kappa shape index (κ2) is 8.60. The zero-order valence-corrected chi connectivity index (χ0v) is 15.0. The Labute approximate surface area is 144 Å². The number of rotatable bonds is 3. The zero-order valence-electron chi connectivity index (χ0n) is 11.9. The fraction of sp³-hybridized carbons (Fsp3) is 0.143. The molecule has 0 aliphatic rings. The Bertz CT molecular complexity index is 665. The number of benzene rings is 2. The van der Waals surface area contributed by atoms with Crippen LogP contribution in [0.5, 0.6) is 11.5 Å². The van der Waals surface area contributed by atoms with E-state index >= 15 is 0 Å². The summed E-state index contributed by atoms with van der Waals surface area (Å²) in [6.45, 7) is 0. The van der Waals surface area contributed by atoms with Gasteiger partial charge in [0, 0.05) is 11.8 Å². The number of methoxy groups -OCH3 is 2. The molecule has 2 aromatic rings. The van der Waals surface area contributed by atoms with Gasteiger partial charge in [0.1, 0.15) is 16.0 Å². The van der Waals surface area contributed by atoms with Crippen molar-refractivity contribution in [3.63, 3.8) is 0 Å². The molecule has 2 rings (SSSR count). The molecule has 0 spiro atoms. The number of ether oxygens (including phenoxy) is 2. The fourth-order valence-electron chi connectivity index (χ4n) is 1.48. The maximum atomic E-state index is 10.4. The molecule has 0 amide bonds. The number of hydrogen-bond acceptors (Lipinski definition) is 5. The van der Waals surface area contributed by atoms with Crippen LogP contribution in [0.4, 0.5) is 11.4 Å². The van der Waals surface area contributed by atoms with Gasteiger partial charge in [-0.3, -0.25) is 10.1 Å². The van der Waals surface area contributed by atoms with E-state index in [1.807, 2.05) is 18.2 Å². The minimum Gasteiger partial charge on any atom is -0.495 e. The van der Waals surface area contributed by atoms with Gasteiger partial charge in [-0.25, -0.2) is 0 Å². The van der Waals surface area contributed by atoms with Crippen molar-refractivity contribution in [3.8, 4) is 11.5 Å². The second-order valence-corrected chi connectivity index (χ2v) is 5.50. The van der Waals surface area contributed by atoms with E-state index in [0.29, 0.717) is 15.9 Å². The molecule has 8 heteroatoms. The van der Waals surface area contributed by atoms with Crippen molar-refractivity contribution in [3.05, 3.63) is 55.5 Å². The van der Waals surface area contributed by atoms with Gasteiger partial charge in [0.05, 0.1) is 23.6 Å². The smallest absolute Gasteiger partial charge is 0.287 e. The van der Waals surface area contributed by atoms with E-state index in [4.69, 9.17) is 15.2 Å². The summed E-state index contributed by atoms with van der Waals surface area (Å²) in [5.41, 5.74) is 6.27. The van der Waals surface area contributed by atoms with Crippen LogP contribution in [0.3, 0.4) is 0 Å².